The molecule has 8 nitrogen and oxygen atoms in total. The second-order valence-corrected chi connectivity index (χ2v) is 6.65. The fraction of sp³-hybridized carbons (Fsp3) is 0.0455. The summed E-state index contributed by atoms with van der Waals surface area (Å²) in [4.78, 5) is 13.4. The largest absolute Gasteiger partial charge is 0.399 e. The molecule has 0 fully saturated rings. The van der Waals surface area contributed by atoms with Crippen molar-refractivity contribution in [3.63, 3.8) is 0 Å². The van der Waals surface area contributed by atoms with E-state index in [1.54, 1.807) is 0 Å². The molecule has 1 heterocycles. The molecule has 0 saturated carbocycles. The Bertz CT molecular complexity index is 1070. The van der Waals surface area contributed by atoms with Gasteiger partial charge in [0.05, 0.1) is 0 Å². The van der Waals surface area contributed by atoms with E-state index in [1.165, 1.54) is 0 Å². The lowest BCUT2D eigenvalue weighted by molar-refractivity contribution is 1.01. The quantitative estimate of drug-likeness (QED) is 0.294. The highest BCUT2D eigenvalue weighted by Gasteiger charge is 2.08. The molecule has 0 spiro atoms. The van der Waals surface area contributed by atoms with Crippen molar-refractivity contribution < 1.29 is 0 Å². The number of aromatic nitrogens is 3. The summed E-state index contributed by atoms with van der Waals surface area (Å²) in [5.74, 6) is 1.21. The Morgan fingerprint density at radius 3 is 1.67 bits per heavy atom. The molecular formula is C22H22N8. The highest BCUT2D eigenvalue weighted by atomic mass is 15.3. The van der Waals surface area contributed by atoms with Gasteiger partial charge in [-0.2, -0.15) is 15.0 Å². The predicted octanol–water partition coefficient (Wildman–Crippen LogP) is 4.14. The lowest BCUT2D eigenvalue weighted by Gasteiger charge is -2.12. The highest BCUT2D eigenvalue weighted by Crippen LogP contribution is 2.21. The van der Waals surface area contributed by atoms with E-state index < -0.39 is 0 Å². The van der Waals surface area contributed by atoms with E-state index in [9.17, 15) is 0 Å². The highest BCUT2D eigenvalue weighted by molar-refractivity contribution is 5.63. The molecule has 0 bridgehead atoms. The third-order valence-corrected chi connectivity index (χ3v) is 4.21. The van der Waals surface area contributed by atoms with Crippen molar-refractivity contribution in [2.24, 2.45) is 0 Å². The van der Waals surface area contributed by atoms with Crippen LogP contribution in [0.3, 0.4) is 0 Å². The van der Waals surface area contributed by atoms with Gasteiger partial charge < -0.3 is 27.4 Å². The molecular weight excluding hydrogens is 376 g/mol. The van der Waals surface area contributed by atoms with Crippen molar-refractivity contribution in [3.8, 4) is 0 Å². The summed E-state index contributed by atoms with van der Waals surface area (Å²) in [6, 6.07) is 24.8. The maximum atomic E-state index is 5.87. The van der Waals surface area contributed by atoms with Gasteiger partial charge in [-0.3, -0.25) is 0 Å². The van der Waals surface area contributed by atoms with Crippen molar-refractivity contribution in [1.29, 1.82) is 0 Å². The van der Waals surface area contributed by atoms with E-state index in [2.05, 4.69) is 30.9 Å². The Morgan fingerprint density at radius 2 is 1.13 bits per heavy atom. The smallest absolute Gasteiger partial charge is 0.233 e. The lowest BCUT2D eigenvalue weighted by Crippen LogP contribution is -2.09. The zero-order valence-corrected chi connectivity index (χ0v) is 16.2. The molecule has 0 atom stereocenters. The van der Waals surface area contributed by atoms with Gasteiger partial charge in [-0.15, -0.1) is 0 Å². The first-order valence-electron chi connectivity index (χ1n) is 9.43. The molecule has 0 aliphatic rings. The average Bonchev–Trinajstić information content (AvgIpc) is 2.73. The Labute approximate surface area is 174 Å². The molecule has 4 rings (SSSR count). The van der Waals surface area contributed by atoms with Gasteiger partial charge in [-0.05, 0) is 42.0 Å². The van der Waals surface area contributed by atoms with Crippen LogP contribution >= 0.6 is 0 Å². The summed E-state index contributed by atoms with van der Waals surface area (Å²) in [6.07, 6.45) is 0. The summed E-state index contributed by atoms with van der Waals surface area (Å²) >= 11 is 0. The van der Waals surface area contributed by atoms with Crippen molar-refractivity contribution in [1.82, 2.24) is 15.0 Å². The number of nitrogens with two attached hydrogens (primary N) is 2. The third-order valence-electron chi connectivity index (χ3n) is 4.21. The molecule has 3 aromatic carbocycles. The minimum Gasteiger partial charge on any atom is -0.399 e. The van der Waals surface area contributed by atoms with E-state index in [0.717, 1.165) is 16.9 Å². The molecule has 150 valence electrons. The molecule has 4 aromatic rings. The number of nitrogens with one attached hydrogen (secondary N) is 3. The average molecular weight is 398 g/mol. The van der Waals surface area contributed by atoms with E-state index in [4.69, 9.17) is 11.5 Å². The Balaban J connectivity index is 1.60. The summed E-state index contributed by atoms with van der Waals surface area (Å²) in [6.45, 7) is 0.584. The summed E-state index contributed by atoms with van der Waals surface area (Å²) in [5, 5.41) is 9.59. The van der Waals surface area contributed by atoms with E-state index in [1.807, 2.05) is 78.9 Å². The number of rotatable bonds is 7. The van der Waals surface area contributed by atoms with Crippen molar-refractivity contribution in [2.75, 3.05) is 27.4 Å². The van der Waals surface area contributed by atoms with Crippen molar-refractivity contribution in [3.05, 3.63) is 84.4 Å². The minimum absolute atomic E-state index is 0.387. The molecule has 8 heteroatoms. The van der Waals surface area contributed by atoms with Crippen LogP contribution in [0, 0.1) is 0 Å². The number of anilines is 7. The van der Waals surface area contributed by atoms with Gasteiger partial charge in [0.2, 0.25) is 17.8 Å². The van der Waals surface area contributed by atoms with Crippen molar-refractivity contribution in [2.45, 2.75) is 6.54 Å². The summed E-state index contributed by atoms with van der Waals surface area (Å²) < 4.78 is 0. The fourth-order valence-corrected chi connectivity index (χ4v) is 2.83. The van der Waals surface area contributed by atoms with Crippen LogP contribution in [0.1, 0.15) is 5.56 Å². The minimum atomic E-state index is 0.387. The number of nitrogens with zero attached hydrogens (tertiary/aromatic N) is 3. The van der Waals surface area contributed by atoms with Crippen molar-refractivity contribution >= 4 is 40.6 Å². The van der Waals surface area contributed by atoms with Crippen LogP contribution in [0.5, 0.6) is 0 Å². The zero-order valence-electron chi connectivity index (χ0n) is 16.2. The van der Waals surface area contributed by atoms with Crippen LogP contribution in [0.4, 0.5) is 40.6 Å². The summed E-state index contributed by atoms with van der Waals surface area (Å²) in [5.41, 5.74) is 15.7. The fourth-order valence-electron chi connectivity index (χ4n) is 2.83. The number of benzene rings is 3. The molecule has 0 unspecified atom stereocenters. The second-order valence-electron chi connectivity index (χ2n) is 6.65. The molecule has 0 amide bonds. The summed E-state index contributed by atoms with van der Waals surface area (Å²) in [7, 11) is 0. The van der Waals surface area contributed by atoms with Gasteiger partial charge in [0.1, 0.15) is 0 Å². The first kappa shape index (κ1) is 19.0. The Kier molecular flexibility index (Phi) is 5.56. The van der Waals surface area contributed by atoms with E-state index >= 15 is 0 Å². The standard InChI is InChI=1S/C22H22N8/c23-16-8-4-10-18(12-16)26-21-28-20(25-14-15-6-2-1-3-7-15)29-22(30-21)27-19-11-5-9-17(24)13-19/h1-13H,14,23-24H2,(H3,25,26,27,28,29,30). The molecule has 0 aliphatic carbocycles. The molecule has 1 aromatic heterocycles. The third kappa shape index (κ3) is 5.14. The van der Waals surface area contributed by atoms with E-state index in [-0.39, 0.29) is 0 Å². The predicted molar refractivity (Wildman–Crippen MR) is 122 cm³/mol. The molecule has 7 N–H and O–H groups in total. The van der Waals surface area contributed by atoms with Crippen LogP contribution < -0.4 is 27.4 Å². The van der Waals surface area contributed by atoms with Gasteiger partial charge in [-0.25, -0.2) is 0 Å². The Morgan fingerprint density at radius 1 is 0.600 bits per heavy atom. The second kappa shape index (κ2) is 8.78. The monoisotopic (exact) mass is 398 g/mol. The maximum absolute atomic E-state index is 5.87. The number of hydrogen-bond acceptors (Lipinski definition) is 8. The first-order chi connectivity index (χ1) is 14.6. The molecule has 30 heavy (non-hydrogen) atoms. The molecule has 0 aliphatic heterocycles. The van der Waals surface area contributed by atoms with E-state index in [0.29, 0.717) is 35.8 Å². The number of hydrogen-bond donors (Lipinski definition) is 5. The van der Waals surface area contributed by atoms with Crippen LogP contribution in [-0.4, -0.2) is 15.0 Å². The molecule has 0 saturated heterocycles. The van der Waals surface area contributed by atoms with Crippen LogP contribution in [-0.2, 0) is 6.54 Å². The zero-order chi connectivity index (χ0) is 20.8. The lowest BCUT2D eigenvalue weighted by atomic mass is 10.2. The number of nitrogen functional groups attached to an aromatic ring is 2. The van der Waals surface area contributed by atoms with Crippen LogP contribution in [0.25, 0.3) is 0 Å². The van der Waals surface area contributed by atoms with Gasteiger partial charge in [0, 0.05) is 29.3 Å². The topological polar surface area (TPSA) is 127 Å². The first-order valence-corrected chi connectivity index (χ1v) is 9.43. The Hall–Kier alpha value is -4.33. The van der Waals surface area contributed by atoms with Crippen LogP contribution in [0.2, 0.25) is 0 Å². The maximum Gasteiger partial charge on any atom is 0.233 e. The van der Waals surface area contributed by atoms with Crippen LogP contribution in [0.15, 0.2) is 78.9 Å². The van der Waals surface area contributed by atoms with Gasteiger partial charge in [0.15, 0.2) is 0 Å². The van der Waals surface area contributed by atoms with Gasteiger partial charge in [-0.1, -0.05) is 42.5 Å². The van der Waals surface area contributed by atoms with Gasteiger partial charge >= 0.3 is 0 Å². The van der Waals surface area contributed by atoms with Gasteiger partial charge in [0.25, 0.3) is 0 Å². The molecule has 0 radical (unpaired) electrons. The normalized spacial score (nSPS) is 10.4. The SMILES string of the molecule is Nc1cccc(Nc2nc(NCc3ccccc3)nc(Nc3cccc(N)c3)n2)c1.